The summed E-state index contributed by atoms with van der Waals surface area (Å²) in [5, 5.41) is 11.1. The van der Waals surface area contributed by atoms with Crippen molar-refractivity contribution in [2.24, 2.45) is 4.74 Å². The molecular formula is C21H23BrClN2O4P. The van der Waals surface area contributed by atoms with Crippen LogP contribution in [0, 0.1) is 17.0 Å². The summed E-state index contributed by atoms with van der Waals surface area (Å²) < 4.78 is 18.4. The van der Waals surface area contributed by atoms with Crippen LogP contribution in [0.2, 0.25) is 0 Å². The molecule has 1 aromatic heterocycles. The van der Waals surface area contributed by atoms with Crippen LogP contribution in [0.15, 0.2) is 74.3 Å². The molecule has 1 atom stereocenters. The molecule has 0 aliphatic rings. The van der Waals surface area contributed by atoms with E-state index in [0.717, 1.165) is 10.2 Å². The average molecular weight is 514 g/mol. The molecule has 6 nitrogen and oxygen atoms in total. The van der Waals surface area contributed by atoms with Gasteiger partial charge in [0.05, 0.1) is 4.92 Å². The van der Waals surface area contributed by atoms with E-state index in [-0.39, 0.29) is 23.8 Å². The molecule has 2 aromatic carbocycles. The summed E-state index contributed by atoms with van der Waals surface area (Å²) in [5.74, 6) is 1.34. The normalized spacial score (nSPS) is 13.1. The van der Waals surface area contributed by atoms with Gasteiger partial charge in [-0.05, 0) is 43.3 Å². The number of nitrogens with zero attached hydrogens (tertiary/aromatic N) is 2. The molecule has 3 rings (SSSR count). The standard InChI is InChI=1S/C21H22BrN2O4P.ClH/c1-15-12-13-20(27-15)29(21(2,3)4,28-17-9-7-8-16(22)14-17)23-18-10-5-6-11-19(18)24(25)26;/h5-14H,1-4H3;1H. The van der Waals surface area contributed by atoms with Crippen LogP contribution in [-0.2, 0) is 0 Å². The SMILES string of the molecule is Cc1ccc(P(=Nc2ccccc2[N+](=O)[O-])(Oc2cccc(Br)c2)C(C)(C)C)o1.Cl. The van der Waals surface area contributed by atoms with Crippen molar-refractivity contribution in [2.75, 3.05) is 0 Å². The highest BCUT2D eigenvalue weighted by molar-refractivity contribution is 9.10. The third-order valence-corrected chi connectivity index (χ3v) is 8.42. The van der Waals surface area contributed by atoms with Gasteiger partial charge in [0.25, 0.3) is 5.69 Å². The van der Waals surface area contributed by atoms with Gasteiger partial charge in [0.1, 0.15) is 17.2 Å². The Morgan fingerprint density at radius 1 is 1.10 bits per heavy atom. The summed E-state index contributed by atoms with van der Waals surface area (Å²) in [6.07, 6.45) is 0. The maximum Gasteiger partial charge on any atom is 0.294 e. The highest BCUT2D eigenvalue weighted by atomic mass is 79.9. The molecule has 0 saturated carbocycles. The average Bonchev–Trinajstić information content (AvgIpc) is 3.07. The van der Waals surface area contributed by atoms with Gasteiger partial charge in [0, 0.05) is 15.7 Å². The van der Waals surface area contributed by atoms with Crippen molar-refractivity contribution < 1.29 is 13.9 Å². The van der Waals surface area contributed by atoms with E-state index in [1.54, 1.807) is 18.2 Å². The molecule has 30 heavy (non-hydrogen) atoms. The lowest BCUT2D eigenvalue weighted by atomic mass is 10.3. The van der Waals surface area contributed by atoms with E-state index in [9.17, 15) is 10.1 Å². The van der Waals surface area contributed by atoms with E-state index in [1.165, 1.54) is 6.07 Å². The van der Waals surface area contributed by atoms with Crippen LogP contribution in [-0.4, -0.2) is 10.1 Å². The van der Waals surface area contributed by atoms with E-state index in [0.29, 0.717) is 11.3 Å². The molecule has 1 heterocycles. The first kappa shape index (κ1) is 24.2. The Balaban J connectivity index is 0.00000320. The summed E-state index contributed by atoms with van der Waals surface area (Å²) in [5.41, 5.74) is 0.785. The predicted molar refractivity (Wildman–Crippen MR) is 127 cm³/mol. The zero-order chi connectivity index (χ0) is 21.2. The fraction of sp³-hybridized carbons (Fsp3) is 0.238. The second-order valence-corrected chi connectivity index (χ2v) is 11.8. The summed E-state index contributed by atoms with van der Waals surface area (Å²) in [4.78, 5) is 11.2. The molecule has 0 fully saturated rings. The molecule has 0 aliphatic carbocycles. The molecule has 0 saturated heterocycles. The first-order chi connectivity index (χ1) is 13.6. The topological polar surface area (TPSA) is 77.9 Å². The Morgan fingerprint density at radius 3 is 2.37 bits per heavy atom. The number of hydrogen-bond donors (Lipinski definition) is 0. The number of rotatable bonds is 5. The zero-order valence-electron chi connectivity index (χ0n) is 17.0. The molecular weight excluding hydrogens is 491 g/mol. The lowest BCUT2D eigenvalue weighted by Gasteiger charge is -2.35. The molecule has 9 heteroatoms. The third kappa shape index (κ3) is 4.97. The summed E-state index contributed by atoms with van der Waals surface area (Å²) in [6.45, 7) is 7.88. The molecule has 0 N–H and O–H groups in total. The number of hydrogen-bond acceptors (Lipinski definition) is 5. The van der Waals surface area contributed by atoms with E-state index in [1.807, 2.05) is 64.1 Å². The molecule has 3 aromatic rings. The smallest absolute Gasteiger partial charge is 0.294 e. The highest BCUT2D eigenvalue weighted by Gasteiger charge is 2.42. The van der Waals surface area contributed by atoms with Crippen LogP contribution < -0.4 is 10.0 Å². The number of para-hydroxylation sites is 1. The van der Waals surface area contributed by atoms with Gasteiger partial charge < -0.3 is 8.94 Å². The number of halogens is 2. The largest absolute Gasteiger partial charge is 0.457 e. The Kier molecular flexibility index (Phi) is 7.56. The van der Waals surface area contributed by atoms with Crippen molar-refractivity contribution in [3.8, 4) is 5.75 Å². The first-order valence-electron chi connectivity index (χ1n) is 9.00. The van der Waals surface area contributed by atoms with Crippen LogP contribution in [0.4, 0.5) is 11.4 Å². The Labute approximate surface area is 190 Å². The van der Waals surface area contributed by atoms with Crippen LogP contribution in [0.5, 0.6) is 5.75 Å². The number of benzene rings is 2. The van der Waals surface area contributed by atoms with Crippen LogP contribution in [0.25, 0.3) is 0 Å². The predicted octanol–water partition coefficient (Wildman–Crippen LogP) is 7.63. The van der Waals surface area contributed by atoms with Gasteiger partial charge in [-0.25, -0.2) is 4.74 Å². The van der Waals surface area contributed by atoms with Crippen molar-refractivity contribution in [3.63, 3.8) is 0 Å². The minimum Gasteiger partial charge on any atom is -0.457 e. The molecule has 160 valence electrons. The van der Waals surface area contributed by atoms with Crippen molar-refractivity contribution in [3.05, 3.63) is 81.0 Å². The Bertz CT molecular complexity index is 1110. The molecule has 1 unspecified atom stereocenters. The number of aryl methyl sites for hydroxylation is 1. The number of furan rings is 1. The molecule has 0 radical (unpaired) electrons. The van der Waals surface area contributed by atoms with Crippen LogP contribution >= 0.6 is 35.6 Å². The lowest BCUT2D eigenvalue weighted by molar-refractivity contribution is -0.384. The fourth-order valence-electron chi connectivity index (χ4n) is 2.85. The van der Waals surface area contributed by atoms with Crippen molar-refractivity contribution in [1.82, 2.24) is 0 Å². The first-order valence-corrected chi connectivity index (χ1v) is 11.5. The highest BCUT2D eigenvalue weighted by Crippen LogP contribution is 2.62. The third-order valence-electron chi connectivity index (χ3n) is 4.29. The van der Waals surface area contributed by atoms with Crippen LogP contribution in [0.3, 0.4) is 0 Å². The van der Waals surface area contributed by atoms with Gasteiger partial charge in [0.2, 0.25) is 7.28 Å². The summed E-state index contributed by atoms with van der Waals surface area (Å²) in [6, 6.07) is 17.6. The number of nitro groups is 1. The fourth-order valence-corrected chi connectivity index (χ4v) is 6.13. The molecule has 0 aliphatic heterocycles. The maximum absolute atomic E-state index is 11.6. The molecule has 0 bridgehead atoms. The minimum atomic E-state index is -2.91. The van der Waals surface area contributed by atoms with Gasteiger partial charge in [-0.15, -0.1) is 12.4 Å². The Hall–Kier alpha value is -2.08. The zero-order valence-corrected chi connectivity index (χ0v) is 20.3. The molecule has 0 spiro atoms. The monoisotopic (exact) mass is 512 g/mol. The van der Waals surface area contributed by atoms with Gasteiger partial charge in [-0.1, -0.05) is 54.9 Å². The van der Waals surface area contributed by atoms with Gasteiger partial charge >= 0.3 is 0 Å². The minimum absolute atomic E-state index is 0. The summed E-state index contributed by atoms with van der Waals surface area (Å²) >= 11 is 3.47. The van der Waals surface area contributed by atoms with E-state index in [2.05, 4.69) is 15.9 Å². The van der Waals surface area contributed by atoms with Crippen molar-refractivity contribution >= 4 is 52.5 Å². The molecule has 0 amide bonds. The van der Waals surface area contributed by atoms with Gasteiger partial charge in [-0.3, -0.25) is 10.1 Å². The quantitative estimate of drug-likeness (QED) is 0.200. The van der Waals surface area contributed by atoms with E-state index >= 15 is 0 Å². The number of nitro benzene ring substituents is 1. The van der Waals surface area contributed by atoms with E-state index in [4.69, 9.17) is 13.7 Å². The Morgan fingerprint density at radius 2 is 1.80 bits per heavy atom. The maximum atomic E-state index is 11.6. The van der Waals surface area contributed by atoms with E-state index < -0.39 is 17.4 Å². The van der Waals surface area contributed by atoms with Gasteiger partial charge in [0.15, 0.2) is 5.50 Å². The second kappa shape index (κ2) is 9.38. The van der Waals surface area contributed by atoms with Gasteiger partial charge in [-0.2, -0.15) is 0 Å². The lowest BCUT2D eigenvalue weighted by Crippen LogP contribution is -2.26. The summed E-state index contributed by atoms with van der Waals surface area (Å²) in [7, 11) is -2.91. The van der Waals surface area contributed by atoms with Crippen molar-refractivity contribution in [1.29, 1.82) is 0 Å². The van der Waals surface area contributed by atoms with Crippen LogP contribution in [0.1, 0.15) is 26.5 Å². The second-order valence-electron chi connectivity index (χ2n) is 7.53. The van der Waals surface area contributed by atoms with Crippen molar-refractivity contribution in [2.45, 2.75) is 32.9 Å².